The molecule has 0 aliphatic heterocycles. The number of rotatable bonds is 5. The van der Waals surface area contributed by atoms with E-state index in [4.69, 9.17) is 4.74 Å². The highest BCUT2D eigenvalue weighted by molar-refractivity contribution is 5.50. The monoisotopic (exact) mass is 287 g/mol. The van der Waals surface area contributed by atoms with Crippen LogP contribution in [0.15, 0.2) is 42.5 Å². The van der Waals surface area contributed by atoms with Crippen LogP contribution in [-0.2, 0) is 0 Å². The Morgan fingerprint density at radius 3 is 2.48 bits per heavy atom. The molecule has 5 nitrogen and oxygen atoms in total. The summed E-state index contributed by atoms with van der Waals surface area (Å²) in [5.74, 6) is 0.698. The Bertz CT molecular complexity index is 637. The highest BCUT2D eigenvalue weighted by Crippen LogP contribution is 2.32. The van der Waals surface area contributed by atoms with Gasteiger partial charge in [0.2, 0.25) is 5.75 Å². The Morgan fingerprint density at radius 2 is 1.90 bits per heavy atom. The first kappa shape index (κ1) is 15.0. The van der Waals surface area contributed by atoms with Gasteiger partial charge in [-0.25, -0.2) is 0 Å². The minimum atomic E-state index is -0.507. The third kappa shape index (κ3) is 3.58. The first-order valence-corrected chi connectivity index (χ1v) is 6.72. The Labute approximate surface area is 123 Å². The summed E-state index contributed by atoms with van der Waals surface area (Å²) in [4.78, 5) is 10.6. The molecular formula is C16H17NO4. The van der Waals surface area contributed by atoms with E-state index in [1.807, 2.05) is 6.92 Å². The molecule has 0 radical (unpaired) electrons. The van der Waals surface area contributed by atoms with Crippen molar-refractivity contribution in [3.63, 3.8) is 0 Å². The number of nitrogens with zero attached hydrogens (tertiary/aromatic N) is 1. The SMILES string of the molecule is CC[C@@H](O)c1ccc(Oc2ccc(C)cc2[N+](=O)[O-])cc1. The maximum absolute atomic E-state index is 11.0. The molecule has 21 heavy (non-hydrogen) atoms. The molecule has 0 fully saturated rings. The molecule has 0 saturated heterocycles. The van der Waals surface area contributed by atoms with Crippen molar-refractivity contribution in [3.8, 4) is 11.5 Å². The van der Waals surface area contributed by atoms with Gasteiger partial charge in [0, 0.05) is 6.07 Å². The van der Waals surface area contributed by atoms with Gasteiger partial charge in [-0.05, 0) is 42.7 Å². The largest absolute Gasteiger partial charge is 0.450 e. The standard InChI is InChI=1S/C16H17NO4/c1-3-15(18)12-5-7-13(8-6-12)21-16-9-4-11(2)10-14(16)17(19)20/h4-10,15,18H,3H2,1-2H3/t15-/m1/s1. The molecule has 0 amide bonds. The van der Waals surface area contributed by atoms with Crippen LogP contribution in [0.2, 0.25) is 0 Å². The summed E-state index contributed by atoms with van der Waals surface area (Å²) in [5.41, 5.74) is 1.53. The lowest BCUT2D eigenvalue weighted by molar-refractivity contribution is -0.385. The lowest BCUT2D eigenvalue weighted by atomic mass is 10.1. The summed E-state index contributed by atoms with van der Waals surface area (Å²) < 4.78 is 5.57. The van der Waals surface area contributed by atoms with Crippen LogP contribution < -0.4 is 4.74 Å². The van der Waals surface area contributed by atoms with Gasteiger partial charge in [-0.3, -0.25) is 10.1 Å². The van der Waals surface area contributed by atoms with Crippen LogP contribution >= 0.6 is 0 Å². The summed E-state index contributed by atoms with van der Waals surface area (Å²) in [5, 5.41) is 20.8. The van der Waals surface area contributed by atoms with Gasteiger partial charge < -0.3 is 9.84 Å². The van der Waals surface area contributed by atoms with Crippen molar-refractivity contribution in [2.24, 2.45) is 0 Å². The summed E-state index contributed by atoms with van der Waals surface area (Å²) >= 11 is 0. The number of nitro groups is 1. The fraction of sp³-hybridized carbons (Fsp3) is 0.250. The van der Waals surface area contributed by atoms with E-state index >= 15 is 0 Å². The zero-order valence-corrected chi connectivity index (χ0v) is 11.9. The first-order chi connectivity index (χ1) is 10.0. The zero-order valence-electron chi connectivity index (χ0n) is 11.9. The average molecular weight is 287 g/mol. The van der Waals surface area contributed by atoms with Gasteiger partial charge in [0.25, 0.3) is 0 Å². The zero-order chi connectivity index (χ0) is 15.4. The second-order valence-electron chi connectivity index (χ2n) is 4.82. The number of nitro benzene ring substituents is 1. The van der Waals surface area contributed by atoms with Crippen molar-refractivity contribution in [2.45, 2.75) is 26.4 Å². The smallest absolute Gasteiger partial charge is 0.311 e. The fourth-order valence-electron chi connectivity index (χ4n) is 1.98. The van der Waals surface area contributed by atoms with Crippen molar-refractivity contribution in [1.82, 2.24) is 0 Å². The molecule has 1 atom stereocenters. The van der Waals surface area contributed by atoms with Crippen molar-refractivity contribution < 1.29 is 14.8 Å². The molecule has 0 heterocycles. The summed E-state index contributed by atoms with van der Waals surface area (Å²) in [6.07, 6.45) is 0.122. The van der Waals surface area contributed by atoms with Gasteiger partial charge in [0.1, 0.15) is 5.75 Å². The van der Waals surface area contributed by atoms with Gasteiger partial charge >= 0.3 is 5.69 Å². The van der Waals surface area contributed by atoms with Crippen molar-refractivity contribution in [1.29, 1.82) is 0 Å². The lowest BCUT2D eigenvalue weighted by Crippen LogP contribution is -1.96. The minimum Gasteiger partial charge on any atom is -0.450 e. The number of aliphatic hydroxyl groups excluding tert-OH is 1. The third-order valence-electron chi connectivity index (χ3n) is 3.19. The van der Waals surface area contributed by atoms with E-state index < -0.39 is 11.0 Å². The van der Waals surface area contributed by atoms with Crippen LogP contribution in [0.25, 0.3) is 0 Å². The van der Waals surface area contributed by atoms with E-state index in [9.17, 15) is 15.2 Å². The Kier molecular flexibility index (Phi) is 4.55. The molecule has 0 aromatic heterocycles. The van der Waals surface area contributed by atoms with E-state index in [0.717, 1.165) is 11.1 Å². The Morgan fingerprint density at radius 1 is 1.24 bits per heavy atom. The highest BCUT2D eigenvalue weighted by atomic mass is 16.6. The number of aliphatic hydroxyl groups is 1. The molecule has 2 rings (SSSR count). The van der Waals surface area contributed by atoms with Crippen LogP contribution in [0.1, 0.15) is 30.6 Å². The Balaban J connectivity index is 2.24. The molecular weight excluding hydrogens is 270 g/mol. The van der Waals surface area contributed by atoms with Gasteiger partial charge in [-0.1, -0.05) is 25.1 Å². The molecule has 0 aliphatic rings. The molecule has 0 bridgehead atoms. The molecule has 110 valence electrons. The second kappa shape index (κ2) is 6.37. The van der Waals surface area contributed by atoms with Crippen LogP contribution in [0.5, 0.6) is 11.5 Å². The topological polar surface area (TPSA) is 72.6 Å². The first-order valence-electron chi connectivity index (χ1n) is 6.72. The van der Waals surface area contributed by atoms with E-state index in [0.29, 0.717) is 12.2 Å². The average Bonchev–Trinajstić information content (AvgIpc) is 2.49. The lowest BCUT2D eigenvalue weighted by Gasteiger charge is -2.10. The number of benzene rings is 2. The quantitative estimate of drug-likeness (QED) is 0.662. The van der Waals surface area contributed by atoms with Crippen LogP contribution in [-0.4, -0.2) is 10.0 Å². The molecule has 1 N–H and O–H groups in total. The molecule has 2 aromatic rings. The number of hydrogen-bond acceptors (Lipinski definition) is 4. The molecule has 0 unspecified atom stereocenters. The van der Waals surface area contributed by atoms with E-state index in [1.165, 1.54) is 6.07 Å². The molecule has 0 spiro atoms. The Hall–Kier alpha value is -2.40. The maximum atomic E-state index is 11.0. The van der Waals surface area contributed by atoms with E-state index in [2.05, 4.69) is 0 Å². The molecule has 0 saturated carbocycles. The number of aryl methyl sites for hydroxylation is 1. The summed E-state index contributed by atoms with van der Waals surface area (Å²) in [6, 6.07) is 11.7. The highest BCUT2D eigenvalue weighted by Gasteiger charge is 2.16. The minimum absolute atomic E-state index is 0.0623. The van der Waals surface area contributed by atoms with Gasteiger partial charge in [0.15, 0.2) is 0 Å². The van der Waals surface area contributed by atoms with Crippen molar-refractivity contribution >= 4 is 5.69 Å². The van der Waals surface area contributed by atoms with Crippen molar-refractivity contribution in [3.05, 3.63) is 63.7 Å². The third-order valence-corrected chi connectivity index (χ3v) is 3.19. The van der Waals surface area contributed by atoms with Crippen LogP contribution in [0, 0.1) is 17.0 Å². The molecule has 0 aliphatic carbocycles. The fourth-order valence-corrected chi connectivity index (χ4v) is 1.98. The summed E-state index contributed by atoms with van der Waals surface area (Å²) in [6.45, 7) is 3.68. The van der Waals surface area contributed by atoms with Crippen molar-refractivity contribution in [2.75, 3.05) is 0 Å². The van der Waals surface area contributed by atoms with Gasteiger partial charge in [0.05, 0.1) is 11.0 Å². The number of hydrogen-bond donors (Lipinski definition) is 1. The molecule has 2 aromatic carbocycles. The summed E-state index contributed by atoms with van der Waals surface area (Å²) in [7, 11) is 0. The van der Waals surface area contributed by atoms with E-state index in [-0.39, 0.29) is 11.4 Å². The van der Waals surface area contributed by atoms with Gasteiger partial charge in [-0.2, -0.15) is 0 Å². The normalized spacial score (nSPS) is 12.0. The van der Waals surface area contributed by atoms with E-state index in [1.54, 1.807) is 43.3 Å². The molecule has 5 heteroatoms. The van der Waals surface area contributed by atoms with Crippen LogP contribution in [0.4, 0.5) is 5.69 Å². The van der Waals surface area contributed by atoms with Gasteiger partial charge in [-0.15, -0.1) is 0 Å². The second-order valence-corrected chi connectivity index (χ2v) is 4.82. The maximum Gasteiger partial charge on any atom is 0.311 e. The predicted molar refractivity (Wildman–Crippen MR) is 79.6 cm³/mol. The van der Waals surface area contributed by atoms with Crippen LogP contribution in [0.3, 0.4) is 0 Å². The predicted octanol–water partition coefficient (Wildman–Crippen LogP) is 4.14. The number of ether oxygens (including phenoxy) is 1.